The molecule has 0 saturated carbocycles. The molecule has 15 heavy (non-hydrogen) atoms. The molecular weight excluding hydrogens is 188 g/mol. The predicted molar refractivity (Wildman–Crippen MR) is 60.4 cm³/mol. The summed E-state index contributed by atoms with van der Waals surface area (Å²) < 4.78 is 0. The number of aliphatic hydroxyl groups excluding tert-OH is 1. The zero-order chi connectivity index (χ0) is 10.8. The third-order valence-electron chi connectivity index (χ3n) is 2.53. The molecule has 3 N–H and O–H groups in total. The SMILES string of the molecule is C[C@H](O)[C@@H](N)c1ccc2cccnc2c1. The number of nitrogens with zero attached hydrogens (tertiary/aromatic N) is 1. The van der Waals surface area contributed by atoms with Crippen molar-refractivity contribution in [1.82, 2.24) is 4.98 Å². The molecule has 0 aliphatic heterocycles. The van der Waals surface area contributed by atoms with E-state index in [1.54, 1.807) is 13.1 Å². The molecule has 0 spiro atoms. The first-order valence-electron chi connectivity index (χ1n) is 4.97. The second-order valence-corrected chi connectivity index (χ2v) is 3.72. The molecule has 1 heterocycles. The van der Waals surface area contributed by atoms with Crippen molar-refractivity contribution in [2.24, 2.45) is 5.73 Å². The highest BCUT2D eigenvalue weighted by atomic mass is 16.3. The summed E-state index contributed by atoms with van der Waals surface area (Å²) in [6, 6.07) is 9.38. The van der Waals surface area contributed by atoms with Crippen LogP contribution in [0.3, 0.4) is 0 Å². The number of nitrogens with two attached hydrogens (primary N) is 1. The minimum atomic E-state index is -0.550. The summed E-state index contributed by atoms with van der Waals surface area (Å²) >= 11 is 0. The summed E-state index contributed by atoms with van der Waals surface area (Å²) in [6.07, 6.45) is 1.20. The summed E-state index contributed by atoms with van der Waals surface area (Å²) in [5.74, 6) is 0. The van der Waals surface area contributed by atoms with Crippen molar-refractivity contribution in [3.8, 4) is 0 Å². The maximum atomic E-state index is 9.40. The van der Waals surface area contributed by atoms with Crippen LogP contribution in [0.25, 0.3) is 10.9 Å². The maximum absolute atomic E-state index is 9.40. The van der Waals surface area contributed by atoms with Gasteiger partial charge in [-0.2, -0.15) is 0 Å². The first kappa shape index (κ1) is 10.1. The molecule has 1 aromatic carbocycles. The minimum Gasteiger partial charge on any atom is -0.391 e. The van der Waals surface area contributed by atoms with Crippen LogP contribution in [0.2, 0.25) is 0 Å². The van der Waals surface area contributed by atoms with Gasteiger partial charge in [-0.25, -0.2) is 0 Å². The Morgan fingerprint density at radius 2 is 2.13 bits per heavy atom. The first-order chi connectivity index (χ1) is 7.18. The van der Waals surface area contributed by atoms with Crippen molar-refractivity contribution >= 4 is 10.9 Å². The summed E-state index contributed by atoms with van der Waals surface area (Å²) in [6.45, 7) is 1.69. The molecular formula is C12H14N2O. The highest BCUT2D eigenvalue weighted by Crippen LogP contribution is 2.19. The van der Waals surface area contributed by atoms with Gasteiger partial charge in [0.2, 0.25) is 0 Å². The number of aromatic nitrogens is 1. The van der Waals surface area contributed by atoms with Crippen LogP contribution >= 0.6 is 0 Å². The number of fused-ring (bicyclic) bond motifs is 1. The van der Waals surface area contributed by atoms with E-state index in [4.69, 9.17) is 5.73 Å². The highest BCUT2D eigenvalue weighted by Gasteiger charge is 2.12. The molecule has 0 amide bonds. The van der Waals surface area contributed by atoms with E-state index in [0.29, 0.717) is 0 Å². The normalized spacial score (nSPS) is 15.1. The van der Waals surface area contributed by atoms with Gasteiger partial charge < -0.3 is 10.8 Å². The van der Waals surface area contributed by atoms with E-state index >= 15 is 0 Å². The fourth-order valence-corrected chi connectivity index (χ4v) is 1.57. The van der Waals surface area contributed by atoms with Gasteiger partial charge in [0.05, 0.1) is 17.7 Å². The van der Waals surface area contributed by atoms with Gasteiger partial charge in [-0.1, -0.05) is 18.2 Å². The summed E-state index contributed by atoms with van der Waals surface area (Å²) in [5.41, 5.74) is 7.67. The van der Waals surface area contributed by atoms with Gasteiger partial charge in [0.25, 0.3) is 0 Å². The van der Waals surface area contributed by atoms with Crippen LogP contribution in [-0.2, 0) is 0 Å². The Kier molecular flexibility index (Phi) is 2.66. The average Bonchev–Trinajstić information content (AvgIpc) is 2.27. The van der Waals surface area contributed by atoms with Crippen LogP contribution < -0.4 is 5.73 Å². The van der Waals surface area contributed by atoms with Crippen LogP contribution in [0.5, 0.6) is 0 Å². The molecule has 0 aliphatic carbocycles. The van der Waals surface area contributed by atoms with Crippen molar-refractivity contribution in [2.75, 3.05) is 0 Å². The van der Waals surface area contributed by atoms with Gasteiger partial charge in [0, 0.05) is 11.6 Å². The molecule has 3 nitrogen and oxygen atoms in total. The third kappa shape index (κ3) is 1.98. The molecule has 2 atom stereocenters. The zero-order valence-electron chi connectivity index (χ0n) is 8.59. The standard InChI is InChI=1S/C12H14N2O/c1-8(15)12(13)10-5-4-9-3-2-6-14-11(9)7-10/h2-8,12,15H,13H2,1H3/t8-,12+/m0/s1. The smallest absolute Gasteiger partial charge is 0.0705 e. The molecule has 2 rings (SSSR count). The topological polar surface area (TPSA) is 59.1 Å². The van der Waals surface area contributed by atoms with Gasteiger partial charge in [0.15, 0.2) is 0 Å². The summed E-state index contributed by atoms with van der Waals surface area (Å²) in [4.78, 5) is 4.25. The van der Waals surface area contributed by atoms with E-state index in [1.807, 2.05) is 30.3 Å². The van der Waals surface area contributed by atoms with E-state index < -0.39 is 6.10 Å². The first-order valence-corrected chi connectivity index (χ1v) is 4.97. The Hall–Kier alpha value is -1.45. The van der Waals surface area contributed by atoms with Crippen molar-refractivity contribution in [1.29, 1.82) is 0 Å². The Morgan fingerprint density at radius 3 is 2.87 bits per heavy atom. The maximum Gasteiger partial charge on any atom is 0.0705 e. The van der Waals surface area contributed by atoms with E-state index in [2.05, 4.69) is 4.98 Å². The predicted octanol–water partition coefficient (Wildman–Crippen LogP) is 1.62. The second-order valence-electron chi connectivity index (χ2n) is 3.72. The van der Waals surface area contributed by atoms with Crippen LogP contribution in [0.4, 0.5) is 0 Å². The second kappa shape index (κ2) is 3.96. The fourth-order valence-electron chi connectivity index (χ4n) is 1.57. The number of hydrogen-bond donors (Lipinski definition) is 2. The van der Waals surface area contributed by atoms with E-state index in [9.17, 15) is 5.11 Å². The lowest BCUT2D eigenvalue weighted by Gasteiger charge is -2.15. The fraction of sp³-hybridized carbons (Fsp3) is 0.250. The monoisotopic (exact) mass is 202 g/mol. The lowest BCUT2D eigenvalue weighted by molar-refractivity contribution is 0.164. The highest BCUT2D eigenvalue weighted by molar-refractivity contribution is 5.78. The van der Waals surface area contributed by atoms with Crippen LogP contribution in [0.15, 0.2) is 36.5 Å². The molecule has 0 aliphatic rings. The molecule has 0 fully saturated rings. The quantitative estimate of drug-likeness (QED) is 0.778. The third-order valence-corrected chi connectivity index (χ3v) is 2.53. The summed E-state index contributed by atoms with van der Waals surface area (Å²) in [7, 11) is 0. The number of rotatable bonds is 2. The largest absolute Gasteiger partial charge is 0.391 e. The van der Waals surface area contributed by atoms with Gasteiger partial charge in [-0.05, 0) is 24.6 Å². The number of pyridine rings is 1. The van der Waals surface area contributed by atoms with E-state index in [1.165, 1.54) is 0 Å². The zero-order valence-corrected chi connectivity index (χ0v) is 8.59. The van der Waals surface area contributed by atoms with Gasteiger partial charge in [0.1, 0.15) is 0 Å². The van der Waals surface area contributed by atoms with Crippen molar-refractivity contribution in [3.05, 3.63) is 42.1 Å². The minimum absolute atomic E-state index is 0.351. The number of benzene rings is 1. The molecule has 0 bridgehead atoms. The van der Waals surface area contributed by atoms with Crippen LogP contribution in [0.1, 0.15) is 18.5 Å². The van der Waals surface area contributed by atoms with Crippen LogP contribution in [0, 0.1) is 0 Å². The van der Waals surface area contributed by atoms with Crippen LogP contribution in [-0.4, -0.2) is 16.2 Å². The Balaban J connectivity index is 2.47. The lowest BCUT2D eigenvalue weighted by Crippen LogP contribution is -2.23. The molecule has 1 aromatic heterocycles. The molecule has 0 radical (unpaired) electrons. The Bertz CT molecular complexity index is 468. The number of aliphatic hydroxyl groups is 1. The van der Waals surface area contributed by atoms with E-state index in [-0.39, 0.29) is 6.04 Å². The lowest BCUT2D eigenvalue weighted by atomic mass is 10.0. The van der Waals surface area contributed by atoms with Gasteiger partial charge in [-0.3, -0.25) is 4.98 Å². The Labute approximate surface area is 88.6 Å². The molecule has 3 heteroatoms. The number of hydrogen-bond acceptors (Lipinski definition) is 3. The van der Waals surface area contributed by atoms with Crippen molar-refractivity contribution in [2.45, 2.75) is 19.1 Å². The summed E-state index contributed by atoms with van der Waals surface area (Å²) in [5, 5.41) is 10.5. The average molecular weight is 202 g/mol. The molecule has 0 unspecified atom stereocenters. The molecule has 0 saturated heterocycles. The van der Waals surface area contributed by atoms with E-state index in [0.717, 1.165) is 16.5 Å². The Morgan fingerprint density at radius 1 is 1.33 bits per heavy atom. The molecule has 2 aromatic rings. The van der Waals surface area contributed by atoms with Crippen molar-refractivity contribution in [3.63, 3.8) is 0 Å². The van der Waals surface area contributed by atoms with Crippen molar-refractivity contribution < 1.29 is 5.11 Å². The van der Waals surface area contributed by atoms with Gasteiger partial charge in [-0.15, -0.1) is 0 Å². The van der Waals surface area contributed by atoms with Gasteiger partial charge >= 0.3 is 0 Å². The molecule has 78 valence electrons.